The normalized spacial score (nSPS) is 11.1. The van der Waals surface area contributed by atoms with Gasteiger partial charge in [0, 0.05) is 18.7 Å². The Morgan fingerprint density at radius 1 is 0.824 bits per heavy atom. The van der Waals surface area contributed by atoms with E-state index in [0.717, 1.165) is 5.56 Å². The fraction of sp³-hybridized carbons (Fsp3) is 0.231. The summed E-state index contributed by atoms with van der Waals surface area (Å²) in [5.41, 5.74) is 2.68. The molecule has 0 saturated carbocycles. The van der Waals surface area contributed by atoms with Crippen LogP contribution in [0.15, 0.2) is 71.6 Å². The monoisotopic (exact) mass is 479 g/mol. The number of benzene rings is 3. The first kappa shape index (κ1) is 25.0. The Bertz CT molecular complexity index is 1320. The maximum absolute atomic E-state index is 13.1. The van der Waals surface area contributed by atoms with Crippen molar-refractivity contribution in [2.24, 2.45) is 0 Å². The van der Waals surface area contributed by atoms with E-state index >= 15 is 0 Å². The van der Waals surface area contributed by atoms with Crippen LogP contribution < -0.4 is 10.0 Å². The van der Waals surface area contributed by atoms with Crippen molar-refractivity contribution in [2.45, 2.75) is 32.6 Å². The van der Waals surface area contributed by atoms with E-state index in [-0.39, 0.29) is 16.4 Å². The summed E-state index contributed by atoms with van der Waals surface area (Å²) in [7, 11) is -3.93. The van der Waals surface area contributed by atoms with E-state index in [2.05, 4.69) is 10.0 Å². The van der Waals surface area contributed by atoms with Crippen molar-refractivity contribution >= 4 is 33.2 Å². The van der Waals surface area contributed by atoms with Crippen LogP contribution in [0.25, 0.3) is 0 Å². The third-order valence-corrected chi connectivity index (χ3v) is 7.09. The molecule has 0 atom stereocenters. The van der Waals surface area contributed by atoms with E-state index in [9.17, 15) is 18.0 Å². The zero-order valence-electron chi connectivity index (χ0n) is 19.8. The van der Waals surface area contributed by atoms with Crippen LogP contribution in [0.4, 0.5) is 11.4 Å². The summed E-state index contributed by atoms with van der Waals surface area (Å²) in [6.07, 6.45) is 0. The number of amides is 2. The lowest BCUT2D eigenvalue weighted by molar-refractivity contribution is 0.0774. The Labute approximate surface area is 200 Å². The minimum atomic E-state index is -3.93. The molecule has 0 aliphatic heterocycles. The summed E-state index contributed by atoms with van der Waals surface area (Å²) in [5.74, 6) is -0.692. The van der Waals surface area contributed by atoms with Crippen molar-refractivity contribution < 1.29 is 18.0 Å². The molecule has 3 rings (SSSR count). The highest BCUT2D eigenvalue weighted by molar-refractivity contribution is 7.92. The third kappa shape index (κ3) is 5.46. The van der Waals surface area contributed by atoms with Gasteiger partial charge in [-0.3, -0.25) is 14.3 Å². The standard InChI is InChI=1S/C26H29N3O4S/c1-5-29(6-2)26(31)21-12-8-10-14-23(21)27-25(30)20-16-15-19(4)24(17-20)34(32,33)28-22-13-9-7-11-18(22)3/h7-17,28H,5-6H2,1-4H3,(H,27,30). The molecule has 7 nitrogen and oxygen atoms in total. The molecule has 8 heteroatoms. The molecule has 3 aromatic rings. The van der Waals surface area contributed by atoms with Crippen LogP contribution in [0, 0.1) is 13.8 Å². The zero-order chi connectivity index (χ0) is 24.9. The van der Waals surface area contributed by atoms with E-state index in [1.807, 2.05) is 32.9 Å². The topological polar surface area (TPSA) is 95.6 Å². The molecule has 0 aliphatic rings. The summed E-state index contributed by atoms with van der Waals surface area (Å²) in [6, 6.07) is 18.3. The van der Waals surface area contributed by atoms with Crippen molar-refractivity contribution in [2.75, 3.05) is 23.1 Å². The lowest BCUT2D eigenvalue weighted by Crippen LogP contribution is -2.31. The highest BCUT2D eigenvalue weighted by Crippen LogP contribution is 2.24. The van der Waals surface area contributed by atoms with Gasteiger partial charge in [-0.1, -0.05) is 36.4 Å². The van der Waals surface area contributed by atoms with Gasteiger partial charge in [0.05, 0.1) is 21.8 Å². The average Bonchev–Trinajstić information content (AvgIpc) is 2.81. The zero-order valence-corrected chi connectivity index (χ0v) is 20.6. The van der Waals surface area contributed by atoms with Crippen LogP contribution in [0.1, 0.15) is 45.7 Å². The largest absolute Gasteiger partial charge is 0.339 e. The minimum Gasteiger partial charge on any atom is -0.339 e. The fourth-order valence-electron chi connectivity index (χ4n) is 3.57. The maximum Gasteiger partial charge on any atom is 0.262 e. The van der Waals surface area contributed by atoms with Crippen LogP contribution in [-0.4, -0.2) is 38.2 Å². The van der Waals surface area contributed by atoms with Gasteiger partial charge in [-0.05, 0) is 69.2 Å². The number of rotatable bonds is 8. The number of carbonyl (C=O) groups excluding carboxylic acids is 2. The lowest BCUT2D eigenvalue weighted by Gasteiger charge is -2.20. The first-order chi connectivity index (χ1) is 16.2. The van der Waals surface area contributed by atoms with Gasteiger partial charge in [-0.15, -0.1) is 0 Å². The van der Waals surface area contributed by atoms with E-state index in [4.69, 9.17) is 0 Å². The van der Waals surface area contributed by atoms with Crippen molar-refractivity contribution in [3.8, 4) is 0 Å². The van der Waals surface area contributed by atoms with E-state index < -0.39 is 15.9 Å². The van der Waals surface area contributed by atoms with Crippen molar-refractivity contribution in [3.05, 3.63) is 89.0 Å². The predicted octanol–water partition coefficient (Wildman–Crippen LogP) is 4.84. The molecule has 34 heavy (non-hydrogen) atoms. The summed E-state index contributed by atoms with van der Waals surface area (Å²) in [5, 5.41) is 2.77. The highest BCUT2D eigenvalue weighted by Gasteiger charge is 2.22. The number of hydrogen-bond acceptors (Lipinski definition) is 4. The fourth-order valence-corrected chi connectivity index (χ4v) is 4.97. The number of aryl methyl sites for hydroxylation is 2. The van der Waals surface area contributed by atoms with E-state index in [1.165, 1.54) is 6.07 Å². The van der Waals surface area contributed by atoms with E-state index in [1.54, 1.807) is 60.4 Å². The maximum atomic E-state index is 13.1. The molecule has 0 spiro atoms. The Morgan fingerprint density at radius 3 is 2.09 bits per heavy atom. The van der Waals surface area contributed by atoms with Crippen molar-refractivity contribution in [1.29, 1.82) is 0 Å². The Kier molecular flexibility index (Phi) is 7.73. The molecule has 0 unspecified atom stereocenters. The molecule has 0 radical (unpaired) electrons. The van der Waals surface area contributed by atoms with E-state index in [0.29, 0.717) is 35.6 Å². The summed E-state index contributed by atoms with van der Waals surface area (Å²) in [6.45, 7) is 8.36. The van der Waals surface area contributed by atoms with Crippen molar-refractivity contribution in [1.82, 2.24) is 4.90 Å². The molecule has 0 heterocycles. The summed E-state index contributed by atoms with van der Waals surface area (Å²) < 4.78 is 28.8. The van der Waals surface area contributed by atoms with Gasteiger partial charge in [0.2, 0.25) is 0 Å². The molecular formula is C26H29N3O4S. The Balaban J connectivity index is 1.90. The second-order valence-corrected chi connectivity index (χ2v) is 9.53. The second kappa shape index (κ2) is 10.5. The van der Waals surface area contributed by atoms with Crippen molar-refractivity contribution in [3.63, 3.8) is 0 Å². The van der Waals surface area contributed by atoms with Gasteiger partial charge >= 0.3 is 0 Å². The molecule has 0 aliphatic carbocycles. The number of nitrogens with one attached hydrogen (secondary N) is 2. The second-order valence-electron chi connectivity index (χ2n) is 7.88. The smallest absolute Gasteiger partial charge is 0.262 e. The molecule has 0 bridgehead atoms. The number of sulfonamides is 1. The van der Waals surface area contributed by atoms with Crippen LogP contribution in [0.5, 0.6) is 0 Å². The third-order valence-electron chi connectivity index (χ3n) is 5.59. The number of nitrogens with zero attached hydrogens (tertiary/aromatic N) is 1. The average molecular weight is 480 g/mol. The number of para-hydroxylation sites is 2. The summed E-state index contributed by atoms with van der Waals surface area (Å²) in [4.78, 5) is 27.6. The van der Waals surface area contributed by atoms with Crippen LogP contribution in [0.3, 0.4) is 0 Å². The highest BCUT2D eigenvalue weighted by atomic mass is 32.2. The SMILES string of the molecule is CCN(CC)C(=O)c1ccccc1NC(=O)c1ccc(C)c(S(=O)(=O)Nc2ccccc2C)c1. The molecule has 178 valence electrons. The molecule has 0 aromatic heterocycles. The van der Waals surface area contributed by atoms with Crippen LogP contribution >= 0.6 is 0 Å². The van der Waals surface area contributed by atoms with Gasteiger partial charge in [0.25, 0.3) is 21.8 Å². The number of anilines is 2. The minimum absolute atomic E-state index is 0.0101. The summed E-state index contributed by atoms with van der Waals surface area (Å²) >= 11 is 0. The first-order valence-electron chi connectivity index (χ1n) is 11.1. The number of carbonyl (C=O) groups is 2. The molecule has 0 fully saturated rings. The Morgan fingerprint density at radius 2 is 1.44 bits per heavy atom. The lowest BCUT2D eigenvalue weighted by atomic mass is 10.1. The van der Waals surface area contributed by atoms with Crippen LogP contribution in [0.2, 0.25) is 0 Å². The van der Waals surface area contributed by atoms with Gasteiger partial charge in [-0.2, -0.15) is 0 Å². The van der Waals surface area contributed by atoms with Gasteiger partial charge in [-0.25, -0.2) is 8.42 Å². The molecule has 2 N–H and O–H groups in total. The predicted molar refractivity (Wildman–Crippen MR) is 135 cm³/mol. The quantitative estimate of drug-likeness (QED) is 0.483. The molecule has 0 saturated heterocycles. The molecular weight excluding hydrogens is 450 g/mol. The molecule has 3 aromatic carbocycles. The molecule has 2 amide bonds. The number of hydrogen-bond donors (Lipinski definition) is 2. The van der Waals surface area contributed by atoms with Gasteiger partial charge in [0.15, 0.2) is 0 Å². The Hall–Kier alpha value is -3.65. The first-order valence-corrected chi connectivity index (χ1v) is 12.5. The van der Waals surface area contributed by atoms with Gasteiger partial charge < -0.3 is 10.2 Å². The van der Waals surface area contributed by atoms with Crippen LogP contribution in [-0.2, 0) is 10.0 Å². The van der Waals surface area contributed by atoms with Gasteiger partial charge in [0.1, 0.15) is 0 Å².